The Labute approximate surface area is 122 Å². The summed E-state index contributed by atoms with van der Waals surface area (Å²) in [7, 11) is -2.96. The summed E-state index contributed by atoms with van der Waals surface area (Å²) in [6.45, 7) is 4.91. The number of hydrogen-bond donors (Lipinski definition) is 1. The SMILES string of the molecule is CCOP(=O)(CCCNC(=O)C1CCCCC1)OCC. The molecule has 0 aromatic rings. The molecule has 6 heteroatoms. The van der Waals surface area contributed by atoms with Crippen molar-refractivity contribution in [3.8, 4) is 0 Å². The molecule has 118 valence electrons. The monoisotopic (exact) mass is 305 g/mol. The van der Waals surface area contributed by atoms with Crippen molar-refractivity contribution >= 4 is 13.5 Å². The highest BCUT2D eigenvalue weighted by molar-refractivity contribution is 7.53. The van der Waals surface area contributed by atoms with Gasteiger partial charge in [0.1, 0.15) is 0 Å². The molecule has 20 heavy (non-hydrogen) atoms. The van der Waals surface area contributed by atoms with Crippen molar-refractivity contribution in [2.24, 2.45) is 5.92 Å². The third-order valence-electron chi connectivity index (χ3n) is 3.54. The Bertz CT molecular complexity index is 319. The van der Waals surface area contributed by atoms with Gasteiger partial charge in [0, 0.05) is 12.5 Å². The highest BCUT2D eigenvalue weighted by Crippen LogP contribution is 2.48. The minimum atomic E-state index is -2.96. The maximum atomic E-state index is 12.2. The van der Waals surface area contributed by atoms with Crippen LogP contribution in [0.15, 0.2) is 0 Å². The highest BCUT2D eigenvalue weighted by Gasteiger charge is 2.24. The Balaban J connectivity index is 2.22. The Morgan fingerprint density at radius 3 is 2.30 bits per heavy atom. The minimum Gasteiger partial charge on any atom is -0.356 e. The second kappa shape index (κ2) is 9.54. The predicted octanol–water partition coefficient (Wildman–Crippen LogP) is 3.34. The summed E-state index contributed by atoms with van der Waals surface area (Å²) in [5.41, 5.74) is 0. The van der Waals surface area contributed by atoms with Crippen molar-refractivity contribution < 1.29 is 18.4 Å². The average Bonchev–Trinajstić information content (AvgIpc) is 2.45. The summed E-state index contributed by atoms with van der Waals surface area (Å²) in [5.74, 6) is 0.321. The van der Waals surface area contributed by atoms with Crippen molar-refractivity contribution in [2.45, 2.75) is 52.4 Å². The number of carbonyl (C=O) groups is 1. The lowest BCUT2D eigenvalue weighted by molar-refractivity contribution is -0.125. The molecule has 0 unspecified atom stereocenters. The lowest BCUT2D eigenvalue weighted by Crippen LogP contribution is -2.32. The molecule has 1 rings (SSSR count). The molecule has 0 bridgehead atoms. The molecule has 0 aromatic heterocycles. The van der Waals surface area contributed by atoms with Gasteiger partial charge in [-0.1, -0.05) is 19.3 Å². The van der Waals surface area contributed by atoms with Gasteiger partial charge in [-0.25, -0.2) is 0 Å². The van der Waals surface area contributed by atoms with Crippen LogP contribution in [0.1, 0.15) is 52.4 Å². The molecule has 0 radical (unpaired) electrons. The van der Waals surface area contributed by atoms with E-state index in [4.69, 9.17) is 9.05 Å². The summed E-state index contributed by atoms with van der Waals surface area (Å²) in [6, 6.07) is 0. The van der Waals surface area contributed by atoms with Crippen molar-refractivity contribution in [1.29, 1.82) is 0 Å². The second-order valence-electron chi connectivity index (χ2n) is 5.15. The standard InChI is InChI=1S/C14H28NO4P/c1-3-18-20(17,19-4-2)12-8-11-15-14(16)13-9-6-5-7-10-13/h13H,3-12H2,1-2H3,(H,15,16). The third kappa shape index (κ3) is 6.38. The molecule has 1 aliphatic carbocycles. The topological polar surface area (TPSA) is 64.6 Å². The van der Waals surface area contributed by atoms with E-state index in [0.717, 1.165) is 25.7 Å². The van der Waals surface area contributed by atoms with Gasteiger partial charge in [0.05, 0.1) is 19.4 Å². The molecule has 1 N–H and O–H groups in total. The minimum absolute atomic E-state index is 0.146. The molecule has 1 saturated carbocycles. The fourth-order valence-corrected chi connectivity index (χ4v) is 4.22. The van der Waals surface area contributed by atoms with Gasteiger partial charge in [-0.05, 0) is 33.1 Å². The lowest BCUT2D eigenvalue weighted by atomic mass is 9.89. The first-order chi connectivity index (χ1) is 9.61. The van der Waals surface area contributed by atoms with Crippen molar-refractivity contribution in [2.75, 3.05) is 25.9 Å². The fraction of sp³-hybridized carbons (Fsp3) is 0.929. The first kappa shape index (κ1) is 17.7. The van der Waals surface area contributed by atoms with E-state index in [1.807, 2.05) is 0 Å². The van der Waals surface area contributed by atoms with Crippen molar-refractivity contribution in [3.63, 3.8) is 0 Å². The van der Waals surface area contributed by atoms with Crippen LogP contribution in [0, 0.1) is 5.92 Å². The smallest absolute Gasteiger partial charge is 0.330 e. The van der Waals surface area contributed by atoms with Crippen LogP contribution >= 0.6 is 7.60 Å². The summed E-state index contributed by atoms with van der Waals surface area (Å²) in [5, 5.41) is 2.94. The number of carbonyl (C=O) groups excluding carboxylic acids is 1. The maximum absolute atomic E-state index is 12.2. The molecule has 0 aromatic carbocycles. The normalized spacial score (nSPS) is 17.1. The molecular weight excluding hydrogens is 277 g/mol. The van der Waals surface area contributed by atoms with E-state index in [0.29, 0.717) is 32.3 Å². The largest absolute Gasteiger partial charge is 0.356 e. The van der Waals surface area contributed by atoms with E-state index < -0.39 is 7.60 Å². The zero-order chi connectivity index (χ0) is 14.8. The number of hydrogen-bond acceptors (Lipinski definition) is 4. The van der Waals surface area contributed by atoms with E-state index in [2.05, 4.69) is 5.32 Å². The van der Waals surface area contributed by atoms with E-state index in [-0.39, 0.29) is 11.8 Å². The molecule has 1 fully saturated rings. The van der Waals surface area contributed by atoms with E-state index in [9.17, 15) is 9.36 Å². The van der Waals surface area contributed by atoms with Gasteiger partial charge in [0.25, 0.3) is 0 Å². The molecule has 0 heterocycles. The van der Waals surface area contributed by atoms with Gasteiger partial charge >= 0.3 is 7.60 Å². The van der Waals surface area contributed by atoms with Gasteiger partial charge in [-0.3, -0.25) is 9.36 Å². The summed E-state index contributed by atoms with van der Waals surface area (Å²) >= 11 is 0. The van der Waals surface area contributed by atoms with Gasteiger partial charge in [0.15, 0.2) is 0 Å². The maximum Gasteiger partial charge on any atom is 0.330 e. The highest BCUT2D eigenvalue weighted by atomic mass is 31.2. The third-order valence-corrected chi connectivity index (χ3v) is 5.70. The molecule has 0 saturated heterocycles. The van der Waals surface area contributed by atoms with Crippen LogP contribution in [0.5, 0.6) is 0 Å². The predicted molar refractivity (Wildman–Crippen MR) is 79.9 cm³/mol. The van der Waals surface area contributed by atoms with Crippen LogP contribution in [0.3, 0.4) is 0 Å². The molecule has 0 spiro atoms. The van der Waals surface area contributed by atoms with Crippen LogP contribution in [-0.2, 0) is 18.4 Å². The Morgan fingerprint density at radius 1 is 1.15 bits per heavy atom. The molecular formula is C14H28NO4P. The van der Waals surface area contributed by atoms with E-state index in [1.54, 1.807) is 13.8 Å². The van der Waals surface area contributed by atoms with Crippen molar-refractivity contribution in [1.82, 2.24) is 5.32 Å². The number of rotatable bonds is 9. The van der Waals surface area contributed by atoms with E-state index >= 15 is 0 Å². The van der Waals surface area contributed by atoms with Crippen LogP contribution < -0.4 is 5.32 Å². The average molecular weight is 305 g/mol. The van der Waals surface area contributed by atoms with Crippen LogP contribution in [0.4, 0.5) is 0 Å². The summed E-state index contributed by atoms with van der Waals surface area (Å²) in [4.78, 5) is 11.9. The number of amides is 1. The van der Waals surface area contributed by atoms with Gasteiger partial charge in [0.2, 0.25) is 5.91 Å². The first-order valence-electron chi connectivity index (χ1n) is 7.77. The number of nitrogens with one attached hydrogen (secondary N) is 1. The van der Waals surface area contributed by atoms with Gasteiger partial charge in [-0.15, -0.1) is 0 Å². The molecule has 1 aliphatic rings. The molecule has 1 amide bonds. The molecule has 0 aliphatic heterocycles. The first-order valence-corrected chi connectivity index (χ1v) is 9.50. The van der Waals surface area contributed by atoms with Gasteiger partial charge < -0.3 is 14.4 Å². The zero-order valence-corrected chi connectivity index (χ0v) is 13.6. The zero-order valence-electron chi connectivity index (χ0n) is 12.7. The van der Waals surface area contributed by atoms with Crippen LogP contribution in [0.2, 0.25) is 0 Å². The fourth-order valence-electron chi connectivity index (χ4n) is 2.55. The quantitative estimate of drug-likeness (QED) is 0.524. The van der Waals surface area contributed by atoms with Gasteiger partial charge in [-0.2, -0.15) is 0 Å². The lowest BCUT2D eigenvalue weighted by Gasteiger charge is -2.21. The van der Waals surface area contributed by atoms with Crippen LogP contribution in [-0.4, -0.2) is 31.8 Å². The van der Waals surface area contributed by atoms with E-state index in [1.165, 1.54) is 6.42 Å². The molecule has 5 nitrogen and oxygen atoms in total. The Kier molecular flexibility index (Phi) is 8.43. The van der Waals surface area contributed by atoms with Crippen molar-refractivity contribution in [3.05, 3.63) is 0 Å². The summed E-state index contributed by atoms with van der Waals surface area (Å²) in [6.07, 6.45) is 6.54. The second-order valence-corrected chi connectivity index (χ2v) is 7.33. The Morgan fingerprint density at radius 2 is 1.75 bits per heavy atom. The summed E-state index contributed by atoms with van der Waals surface area (Å²) < 4.78 is 22.6. The van der Waals surface area contributed by atoms with Crippen LogP contribution in [0.25, 0.3) is 0 Å². The molecule has 0 atom stereocenters. The Hall–Kier alpha value is -0.380.